The van der Waals surface area contributed by atoms with Crippen LogP contribution in [0, 0.1) is 0 Å². The van der Waals surface area contributed by atoms with E-state index in [1.807, 2.05) is 60.7 Å². The molecule has 51 heavy (non-hydrogen) atoms. The number of fused-ring (bicyclic) bond motifs is 2. The number of carbonyl (C=O) groups excluding carboxylic acids is 2. The van der Waals surface area contributed by atoms with Gasteiger partial charge in [-0.1, -0.05) is 71.1 Å². The molecule has 7 rings (SSSR count). The van der Waals surface area contributed by atoms with E-state index >= 15 is 0 Å². The average molecular weight is 702 g/mol. The number of aromatic nitrogens is 4. The van der Waals surface area contributed by atoms with Crippen LogP contribution in [-0.2, 0) is 25.5 Å². The van der Waals surface area contributed by atoms with Crippen LogP contribution < -0.4 is 20.5 Å². The summed E-state index contributed by atoms with van der Waals surface area (Å²) in [6.45, 7) is 5.67. The Hall–Kier alpha value is -6.21. The fourth-order valence-corrected chi connectivity index (χ4v) is 7.12. The second kappa shape index (κ2) is 14.0. The second-order valence-corrected chi connectivity index (χ2v) is 12.6. The van der Waals surface area contributed by atoms with Gasteiger partial charge in [0.05, 0.1) is 53.4 Å². The Bertz CT molecular complexity index is 2600. The summed E-state index contributed by atoms with van der Waals surface area (Å²) in [4.78, 5) is 56.6. The van der Waals surface area contributed by atoms with Gasteiger partial charge in [0.2, 0.25) is 0 Å². The van der Waals surface area contributed by atoms with Gasteiger partial charge in [0.15, 0.2) is 4.80 Å². The zero-order chi connectivity index (χ0) is 35.6. The Labute approximate surface area is 294 Å². The summed E-state index contributed by atoms with van der Waals surface area (Å²) >= 11 is 1.25. The summed E-state index contributed by atoms with van der Waals surface area (Å²) < 4.78 is 19.5. The van der Waals surface area contributed by atoms with E-state index in [1.165, 1.54) is 17.4 Å². The summed E-state index contributed by atoms with van der Waals surface area (Å²) in [7, 11) is 0. The van der Waals surface area contributed by atoms with Crippen LogP contribution in [0.2, 0.25) is 0 Å². The molecule has 1 aliphatic heterocycles. The fraction of sp³-hybridized carbons (Fsp3) is 0.184. The maximum Gasteiger partial charge on any atom is 0.338 e. The van der Waals surface area contributed by atoms with Gasteiger partial charge in [-0.2, -0.15) is 0 Å². The highest BCUT2D eigenvalue weighted by Crippen LogP contribution is 2.31. The van der Waals surface area contributed by atoms with Crippen molar-refractivity contribution >= 4 is 40.3 Å². The Morgan fingerprint density at radius 1 is 0.961 bits per heavy atom. The Morgan fingerprint density at radius 3 is 2.55 bits per heavy atom. The van der Waals surface area contributed by atoms with Gasteiger partial charge in [0.25, 0.3) is 5.56 Å². The van der Waals surface area contributed by atoms with Crippen LogP contribution >= 0.6 is 11.3 Å². The predicted octanol–water partition coefficient (Wildman–Crippen LogP) is 4.26. The number of hydrogen-bond acceptors (Lipinski definition) is 11. The predicted molar refractivity (Wildman–Crippen MR) is 190 cm³/mol. The lowest BCUT2D eigenvalue weighted by Gasteiger charge is -2.24. The zero-order valence-corrected chi connectivity index (χ0v) is 28.7. The van der Waals surface area contributed by atoms with Crippen LogP contribution in [0.1, 0.15) is 43.5 Å². The van der Waals surface area contributed by atoms with Crippen molar-refractivity contribution in [1.82, 2.24) is 19.6 Å². The number of rotatable bonds is 9. The van der Waals surface area contributed by atoms with Crippen LogP contribution in [0.5, 0.6) is 0 Å². The second-order valence-electron chi connectivity index (χ2n) is 11.6. The highest BCUT2D eigenvalue weighted by molar-refractivity contribution is 7.07. The quantitative estimate of drug-likeness (QED) is 0.159. The molecule has 6 aromatic rings. The van der Waals surface area contributed by atoms with Crippen molar-refractivity contribution in [1.29, 1.82) is 0 Å². The SMILES string of the molecule is CCOC(=O)Cc1cc(=O)oc2cc(-c3cn(-c4cccc(/C=c5\sc6n(c5=O)C(c5ccccc5)C(C(=O)OCC)=C(C)N=6)c4)nn3)ccc12. The molecule has 0 saturated carbocycles. The molecule has 0 N–H and O–H groups in total. The summed E-state index contributed by atoms with van der Waals surface area (Å²) in [5.74, 6) is -0.935. The Balaban J connectivity index is 1.22. The van der Waals surface area contributed by atoms with Crippen LogP contribution in [-0.4, -0.2) is 44.7 Å². The smallest absolute Gasteiger partial charge is 0.338 e. The van der Waals surface area contributed by atoms with E-state index in [4.69, 9.17) is 13.9 Å². The molecule has 4 heterocycles. The number of thiazole rings is 1. The van der Waals surface area contributed by atoms with E-state index in [0.29, 0.717) is 54.1 Å². The van der Waals surface area contributed by atoms with Gasteiger partial charge in [0.1, 0.15) is 11.3 Å². The standard InChI is InChI=1S/C38H31N5O7S/c1-4-48-32(44)19-26-20-33(45)50-30-18-25(14-15-28(26)30)29-21-42(41-40-29)27-13-9-10-23(16-27)17-31-36(46)43-35(24-11-7-6-8-12-24)34(37(47)49-5-2)22(3)39-38(43)51-31/h6-18,20-21,35H,4-5,19H2,1-3H3/b31-17-. The lowest BCUT2D eigenvalue weighted by atomic mass is 9.96. The molecule has 0 aliphatic carbocycles. The lowest BCUT2D eigenvalue weighted by molar-refractivity contribution is -0.142. The monoisotopic (exact) mass is 701 g/mol. The third-order valence-corrected chi connectivity index (χ3v) is 9.31. The van der Waals surface area contributed by atoms with Gasteiger partial charge < -0.3 is 13.9 Å². The maximum atomic E-state index is 14.0. The Morgan fingerprint density at radius 2 is 1.76 bits per heavy atom. The largest absolute Gasteiger partial charge is 0.466 e. The molecule has 0 spiro atoms. The molecule has 0 radical (unpaired) electrons. The minimum atomic E-state index is -0.684. The van der Waals surface area contributed by atoms with E-state index in [1.54, 1.807) is 54.4 Å². The first-order valence-electron chi connectivity index (χ1n) is 16.2. The molecule has 0 saturated heterocycles. The van der Waals surface area contributed by atoms with Gasteiger partial charge in [-0.3, -0.25) is 14.2 Å². The van der Waals surface area contributed by atoms with Crippen molar-refractivity contribution in [3.8, 4) is 16.9 Å². The molecular formula is C38H31N5O7S. The van der Waals surface area contributed by atoms with Gasteiger partial charge in [-0.15, -0.1) is 5.10 Å². The summed E-state index contributed by atoms with van der Waals surface area (Å²) in [6, 6.07) is 22.7. The van der Waals surface area contributed by atoms with E-state index in [9.17, 15) is 19.2 Å². The van der Waals surface area contributed by atoms with Crippen molar-refractivity contribution in [3.05, 3.63) is 143 Å². The number of esters is 2. The van der Waals surface area contributed by atoms with Gasteiger partial charge in [-0.05, 0) is 61.7 Å². The third kappa shape index (κ3) is 6.58. The fourth-order valence-electron chi connectivity index (χ4n) is 6.08. The van der Waals surface area contributed by atoms with E-state index in [2.05, 4.69) is 15.3 Å². The molecule has 1 atom stereocenters. The van der Waals surface area contributed by atoms with Crippen molar-refractivity contribution in [3.63, 3.8) is 0 Å². The zero-order valence-electron chi connectivity index (χ0n) is 27.9. The number of benzene rings is 3. The summed E-state index contributed by atoms with van der Waals surface area (Å²) in [6.07, 6.45) is 3.48. The number of hydrogen-bond donors (Lipinski definition) is 0. The molecule has 13 heteroatoms. The molecule has 1 aliphatic rings. The van der Waals surface area contributed by atoms with Gasteiger partial charge in [-0.25, -0.2) is 19.3 Å². The first-order chi connectivity index (χ1) is 24.7. The maximum absolute atomic E-state index is 14.0. The van der Waals surface area contributed by atoms with Crippen molar-refractivity contribution < 1.29 is 23.5 Å². The minimum absolute atomic E-state index is 0.0486. The molecular weight excluding hydrogens is 671 g/mol. The van der Waals surface area contributed by atoms with Crippen LogP contribution in [0.25, 0.3) is 34.0 Å². The van der Waals surface area contributed by atoms with Crippen LogP contribution in [0.15, 0.2) is 115 Å². The average Bonchev–Trinajstić information content (AvgIpc) is 3.73. The first-order valence-corrected chi connectivity index (χ1v) is 17.1. The third-order valence-electron chi connectivity index (χ3n) is 8.32. The Kier molecular flexibility index (Phi) is 9.11. The molecule has 0 bridgehead atoms. The normalized spacial score (nSPS) is 14.3. The van der Waals surface area contributed by atoms with Gasteiger partial charge >= 0.3 is 17.6 Å². The molecule has 256 valence electrons. The molecule has 0 fully saturated rings. The van der Waals surface area contributed by atoms with Crippen molar-refractivity contribution in [2.75, 3.05) is 13.2 Å². The number of carbonyl (C=O) groups is 2. The van der Waals surface area contributed by atoms with Crippen LogP contribution in [0.3, 0.4) is 0 Å². The molecule has 0 amide bonds. The highest BCUT2D eigenvalue weighted by atomic mass is 32.1. The summed E-state index contributed by atoms with van der Waals surface area (Å²) in [5.41, 5.74) is 4.23. The summed E-state index contributed by atoms with van der Waals surface area (Å²) in [5, 5.41) is 9.28. The molecule has 1 unspecified atom stereocenters. The number of nitrogens with zero attached hydrogens (tertiary/aromatic N) is 5. The highest BCUT2D eigenvalue weighted by Gasteiger charge is 2.33. The van der Waals surface area contributed by atoms with Crippen LogP contribution in [0.4, 0.5) is 0 Å². The van der Waals surface area contributed by atoms with Gasteiger partial charge in [0, 0.05) is 17.0 Å². The molecule has 3 aromatic carbocycles. The lowest BCUT2D eigenvalue weighted by Crippen LogP contribution is -2.39. The van der Waals surface area contributed by atoms with E-state index < -0.39 is 23.6 Å². The topological polar surface area (TPSA) is 148 Å². The van der Waals surface area contributed by atoms with Crippen molar-refractivity contribution in [2.45, 2.75) is 33.2 Å². The van der Waals surface area contributed by atoms with Crippen molar-refractivity contribution in [2.24, 2.45) is 4.99 Å². The van der Waals surface area contributed by atoms with E-state index in [0.717, 1.165) is 11.1 Å². The number of ether oxygens (including phenoxy) is 2. The van der Waals surface area contributed by atoms with E-state index in [-0.39, 0.29) is 25.2 Å². The minimum Gasteiger partial charge on any atom is -0.466 e. The first kappa shape index (κ1) is 33.3. The number of allylic oxidation sites excluding steroid dienone is 1. The molecule has 3 aromatic heterocycles. The molecule has 12 nitrogen and oxygen atoms in total.